The molecule has 1 aromatic heterocycles. The summed E-state index contributed by atoms with van der Waals surface area (Å²) in [4.78, 5) is 16.8. The Kier molecular flexibility index (Phi) is 5.39. The third kappa shape index (κ3) is 4.12. The van der Waals surface area contributed by atoms with Gasteiger partial charge in [0.15, 0.2) is 10.7 Å². The van der Waals surface area contributed by atoms with Crippen molar-refractivity contribution >= 4 is 51.6 Å². The Morgan fingerprint density at radius 3 is 2.60 bits per heavy atom. The molecule has 1 amide bonds. The molecule has 0 unspecified atom stereocenters. The van der Waals surface area contributed by atoms with Crippen molar-refractivity contribution in [3.8, 4) is 17.2 Å². The number of aromatic nitrogens is 1. The quantitative estimate of drug-likeness (QED) is 0.298. The van der Waals surface area contributed by atoms with Crippen LogP contribution in [0.5, 0.6) is 5.75 Å². The Balaban J connectivity index is 1.56. The molecule has 0 saturated heterocycles. The second kappa shape index (κ2) is 8.14. The van der Waals surface area contributed by atoms with E-state index in [9.17, 15) is 9.90 Å². The minimum absolute atomic E-state index is 0.0585. The predicted octanol–water partition coefficient (Wildman–Crippen LogP) is 5.29. The van der Waals surface area contributed by atoms with Crippen LogP contribution in [0.2, 0.25) is 5.02 Å². The van der Waals surface area contributed by atoms with Crippen LogP contribution in [0.1, 0.15) is 15.9 Å². The van der Waals surface area contributed by atoms with Crippen molar-refractivity contribution in [1.82, 2.24) is 10.3 Å². The van der Waals surface area contributed by atoms with Gasteiger partial charge in [-0.25, -0.2) is 4.98 Å². The molecular formula is C22H16ClN3O3S. The standard InChI is InChI=1S/C22H16ClN3O3S/c1-12-10-15(24-22(30)26-20(28)13-6-8-14(23)9-7-13)11-16(19(12)27)21-25-17-4-2-3-5-18(17)29-21/h2-11,27H,1H3,(H2,24,26,28,30). The fraction of sp³-hybridized carbons (Fsp3) is 0.0455. The molecule has 0 aliphatic carbocycles. The summed E-state index contributed by atoms with van der Waals surface area (Å²) in [5.74, 6) is -0.0152. The first-order chi connectivity index (χ1) is 14.4. The highest BCUT2D eigenvalue weighted by molar-refractivity contribution is 7.80. The van der Waals surface area contributed by atoms with Crippen molar-refractivity contribution in [2.24, 2.45) is 0 Å². The first-order valence-electron chi connectivity index (χ1n) is 8.98. The number of aromatic hydroxyl groups is 1. The van der Waals surface area contributed by atoms with Crippen LogP contribution in [-0.2, 0) is 0 Å². The minimum Gasteiger partial charge on any atom is -0.507 e. The number of para-hydroxylation sites is 2. The minimum atomic E-state index is -0.362. The Hall–Kier alpha value is -3.42. The molecule has 4 rings (SSSR count). The maximum Gasteiger partial charge on any atom is 0.257 e. The van der Waals surface area contributed by atoms with Gasteiger partial charge in [-0.05, 0) is 73.2 Å². The van der Waals surface area contributed by atoms with E-state index < -0.39 is 0 Å². The number of thiocarbonyl (C=S) groups is 1. The number of nitrogens with one attached hydrogen (secondary N) is 2. The maximum atomic E-state index is 12.3. The number of oxazole rings is 1. The molecule has 0 saturated carbocycles. The molecule has 0 aliphatic heterocycles. The number of carbonyl (C=O) groups excluding carboxylic acids is 1. The number of anilines is 1. The van der Waals surface area contributed by atoms with Crippen LogP contribution in [-0.4, -0.2) is 21.1 Å². The fourth-order valence-corrected chi connectivity index (χ4v) is 3.28. The second-order valence-corrected chi connectivity index (χ2v) is 7.44. The molecule has 3 N–H and O–H groups in total. The molecule has 0 atom stereocenters. The average molecular weight is 438 g/mol. The normalized spacial score (nSPS) is 10.7. The SMILES string of the molecule is Cc1cc(NC(=S)NC(=O)c2ccc(Cl)cc2)cc(-c2nc3ccccc3o2)c1O. The number of nitrogens with zero attached hydrogens (tertiary/aromatic N) is 1. The second-order valence-electron chi connectivity index (χ2n) is 6.59. The molecule has 0 bridgehead atoms. The van der Waals surface area contributed by atoms with Crippen LogP contribution in [0.4, 0.5) is 5.69 Å². The molecule has 0 aliphatic rings. The summed E-state index contributed by atoms with van der Waals surface area (Å²) in [6, 6.07) is 17.2. The molecular weight excluding hydrogens is 422 g/mol. The van der Waals surface area contributed by atoms with Crippen LogP contribution in [0.15, 0.2) is 65.1 Å². The molecule has 1 heterocycles. The summed E-state index contributed by atoms with van der Waals surface area (Å²) in [6.45, 7) is 1.75. The third-order valence-electron chi connectivity index (χ3n) is 4.42. The van der Waals surface area contributed by atoms with E-state index in [0.29, 0.717) is 38.5 Å². The van der Waals surface area contributed by atoms with Crippen LogP contribution in [0, 0.1) is 6.92 Å². The summed E-state index contributed by atoms with van der Waals surface area (Å²) in [7, 11) is 0. The molecule has 8 heteroatoms. The van der Waals surface area contributed by atoms with Crippen molar-refractivity contribution in [3.63, 3.8) is 0 Å². The van der Waals surface area contributed by atoms with Gasteiger partial charge in [-0.15, -0.1) is 0 Å². The smallest absolute Gasteiger partial charge is 0.257 e. The van der Waals surface area contributed by atoms with Crippen molar-refractivity contribution < 1.29 is 14.3 Å². The number of carbonyl (C=O) groups is 1. The van der Waals surface area contributed by atoms with Crippen LogP contribution in [0.25, 0.3) is 22.6 Å². The van der Waals surface area contributed by atoms with Crippen LogP contribution < -0.4 is 10.6 Å². The van der Waals surface area contributed by atoms with E-state index in [1.54, 1.807) is 49.4 Å². The van der Waals surface area contributed by atoms with Gasteiger partial charge in [-0.3, -0.25) is 10.1 Å². The molecule has 4 aromatic rings. The van der Waals surface area contributed by atoms with Crippen LogP contribution >= 0.6 is 23.8 Å². The summed E-state index contributed by atoms with van der Waals surface area (Å²) < 4.78 is 5.77. The lowest BCUT2D eigenvalue weighted by atomic mass is 10.1. The zero-order valence-corrected chi connectivity index (χ0v) is 17.3. The fourth-order valence-electron chi connectivity index (χ4n) is 2.94. The number of benzene rings is 3. The van der Waals surface area contributed by atoms with Gasteiger partial charge in [0.2, 0.25) is 5.89 Å². The highest BCUT2D eigenvalue weighted by atomic mass is 35.5. The van der Waals surface area contributed by atoms with E-state index in [1.807, 2.05) is 18.2 Å². The number of hydrogen-bond donors (Lipinski definition) is 3. The van der Waals surface area contributed by atoms with E-state index in [4.69, 9.17) is 28.2 Å². The number of amides is 1. The monoisotopic (exact) mass is 437 g/mol. The number of phenolic OH excluding ortho intramolecular Hbond substituents is 1. The lowest BCUT2D eigenvalue weighted by Gasteiger charge is -2.12. The predicted molar refractivity (Wildman–Crippen MR) is 121 cm³/mol. The van der Waals surface area contributed by atoms with E-state index in [-0.39, 0.29) is 22.7 Å². The first kappa shape index (κ1) is 19.9. The van der Waals surface area contributed by atoms with Crippen LogP contribution in [0.3, 0.4) is 0 Å². The number of hydrogen-bond acceptors (Lipinski definition) is 5. The number of halogens is 1. The van der Waals surface area contributed by atoms with Gasteiger partial charge >= 0.3 is 0 Å². The number of rotatable bonds is 3. The largest absolute Gasteiger partial charge is 0.507 e. The Bertz CT molecular complexity index is 1240. The third-order valence-corrected chi connectivity index (χ3v) is 4.87. The summed E-state index contributed by atoms with van der Waals surface area (Å²) in [5.41, 5.74) is 3.33. The Morgan fingerprint density at radius 2 is 1.87 bits per heavy atom. The lowest BCUT2D eigenvalue weighted by molar-refractivity contribution is 0.0977. The molecule has 0 fully saturated rings. The molecule has 6 nitrogen and oxygen atoms in total. The number of phenols is 1. The zero-order valence-electron chi connectivity index (χ0n) is 15.8. The average Bonchev–Trinajstić information content (AvgIpc) is 3.15. The van der Waals surface area contributed by atoms with Gasteiger partial charge in [0.1, 0.15) is 11.3 Å². The summed E-state index contributed by atoms with van der Waals surface area (Å²) in [5, 5.41) is 16.7. The van der Waals surface area contributed by atoms with Crippen molar-refractivity contribution in [3.05, 3.63) is 76.8 Å². The van der Waals surface area contributed by atoms with Crippen molar-refractivity contribution in [1.29, 1.82) is 0 Å². The molecule has 3 aromatic carbocycles. The zero-order chi connectivity index (χ0) is 21.3. The van der Waals surface area contributed by atoms with Gasteiger partial charge in [0.05, 0.1) is 5.56 Å². The summed E-state index contributed by atoms with van der Waals surface area (Å²) in [6.07, 6.45) is 0. The van der Waals surface area contributed by atoms with Gasteiger partial charge in [0.25, 0.3) is 5.91 Å². The van der Waals surface area contributed by atoms with Gasteiger partial charge in [0, 0.05) is 16.3 Å². The van der Waals surface area contributed by atoms with Gasteiger partial charge in [-0.2, -0.15) is 0 Å². The summed E-state index contributed by atoms with van der Waals surface area (Å²) >= 11 is 11.1. The first-order valence-corrected chi connectivity index (χ1v) is 9.77. The van der Waals surface area contributed by atoms with E-state index >= 15 is 0 Å². The van der Waals surface area contributed by atoms with Crippen molar-refractivity contribution in [2.45, 2.75) is 6.92 Å². The van der Waals surface area contributed by atoms with E-state index in [1.165, 1.54) is 0 Å². The number of aryl methyl sites for hydroxylation is 1. The van der Waals surface area contributed by atoms with E-state index in [2.05, 4.69) is 15.6 Å². The number of fused-ring (bicyclic) bond motifs is 1. The molecule has 30 heavy (non-hydrogen) atoms. The topological polar surface area (TPSA) is 87.4 Å². The Morgan fingerprint density at radius 1 is 1.13 bits per heavy atom. The lowest BCUT2D eigenvalue weighted by Crippen LogP contribution is -2.34. The Labute approximate surface area is 182 Å². The maximum absolute atomic E-state index is 12.3. The molecule has 0 radical (unpaired) electrons. The van der Waals surface area contributed by atoms with E-state index in [0.717, 1.165) is 0 Å². The molecule has 150 valence electrons. The van der Waals surface area contributed by atoms with Gasteiger partial charge in [-0.1, -0.05) is 23.7 Å². The van der Waals surface area contributed by atoms with Crippen molar-refractivity contribution in [2.75, 3.05) is 5.32 Å². The highest BCUT2D eigenvalue weighted by Gasteiger charge is 2.16. The highest BCUT2D eigenvalue weighted by Crippen LogP contribution is 2.36. The molecule has 0 spiro atoms. The van der Waals surface area contributed by atoms with Gasteiger partial charge < -0.3 is 14.8 Å².